The second kappa shape index (κ2) is 3.26. The van der Waals surface area contributed by atoms with Gasteiger partial charge in [0.15, 0.2) is 0 Å². The summed E-state index contributed by atoms with van der Waals surface area (Å²) in [6.07, 6.45) is -0.660. The Morgan fingerprint density at radius 3 is 2.73 bits per heavy atom. The van der Waals surface area contributed by atoms with Gasteiger partial charge in [0, 0.05) is 13.0 Å². The zero-order chi connectivity index (χ0) is 11.0. The smallest absolute Gasteiger partial charge is 0.407 e. The Labute approximate surface area is 83.9 Å². The lowest BCUT2D eigenvalue weighted by atomic mass is 10.2. The lowest BCUT2D eigenvalue weighted by Gasteiger charge is -2.21. The van der Waals surface area contributed by atoms with E-state index in [9.17, 15) is 9.59 Å². The van der Waals surface area contributed by atoms with Crippen LogP contribution in [-0.2, 0) is 13.0 Å². The molecule has 0 fully saturated rings. The number of aromatic nitrogens is 1. The number of oxazole rings is 1. The maximum absolute atomic E-state index is 10.7. The van der Waals surface area contributed by atoms with Gasteiger partial charge in [0.2, 0.25) is 0 Å². The summed E-state index contributed by atoms with van der Waals surface area (Å²) in [5.74, 6) is -1.31. The first kappa shape index (κ1) is 9.50. The van der Waals surface area contributed by atoms with Gasteiger partial charge in [-0.25, -0.2) is 14.6 Å². The molecule has 0 spiro atoms. The summed E-state index contributed by atoms with van der Waals surface area (Å²) in [5.41, 5.74) is 0.532. The van der Waals surface area contributed by atoms with Crippen molar-refractivity contribution >= 4 is 12.1 Å². The number of hydrogen-bond donors (Lipinski definition) is 2. The lowest BCUT2D eigenvalue weighted by Crippen LogP contribution is -2.34. The number of nitrogens with zero attached hydrogens (tertiary/aromatic N) is 2. The molecule has 0 saturated carbocycles. The Bertz CT molecular complexity index is 425. The molecule has 0 atom stereocenters. The summed E-state index contributed by atoms with van der Waals surface area (Å²) >= 11 is 0. The lowest BCUT2D eigenvalue weighted by molar-refractivity contribution is 0.0650. The van der Waals surface area contributed by atoms with Crippen LogP contribution in [0.3, 0.4) is 0 Å². The van der Waals surface area contributed by atoms with Crippen molar-refractivity contribution in [3.05, 3.63) is 17.3 Å². The van der Waals surface area contributed by atoms with Crippen molar-refractivity contribution in [2.75, 3.05) is 6.54 Å². The first-order chi connectivity index (χ1) is 7.08. The Hall–Kier alpha value is -2.05. The SMILES string of the molecule is O=C(O)c1nc2c(o1)CN(C(=O)O)CC2. The zero-order valence-electron chi connectivity index (χ0n) is 7.63. The first-order valence-corrected chi connectivity index (χ1v) is 4.27. The van der Waals surface area contributed by atoms with E-state index in [1.54, 1.807) is 0 Å². The molecule has 0 aromatic carbocycles. The predicted molar refractivity (Wildman–Crippen MR) is 45.6 cm³/mol. The van der Waals surface area contributed by atoms with E-state index >= 15 is 0 Å². The largest absolute Gasteiger partial charge is 0.474 e. The molecule has 1 aliphatic heterocycles. The van der Waals surface area contributed by atoms with Crippen molar-refractivity contribution in [1.29, 1.82) is 0 Å². The first-order valence-electron chi connectivity index (χ1n) is 4.27. The van der Waals surface area contributed by atoms with Crippen molar-refractivity contribution < 1.29 is 24.2 Å². The third-order valence-electron chi connectivity index (χ3n) is 2.18. The summed E-state index contributed by atoms with van der Waals surface area (Å²) in [4.78, 5) is 26.1. The van der Waals surface area contributed by atoms with Crippen LogP contribution in [-0.4, -0.2) is 38.7 Å². The summed E-state index contributed by atoms with van der Waals surface area (Å²) in [5, 5.41) is 17.4. The van der Waals surface area contributed by atoms with E-state index in [2.05, 4.69) is 4.98 Å². The quantitative estimate of drug-likeness (QED) is 0.698. The third-order valence-corrected chi connectivity index (χ3v) is 2.18. The molecule has 7 heteroatoms. The van der Waals surface area contributed by atoms with Gasteiger partial charge in [-0.05, 0) is 0 Å². The van der Waals surface area contributed by atoms with Crippen molar-refractivity contribution in [3.8, 4) is 0 Å². The second-order valence-electron chi connectivity index (χ2n) is 3.15. The van der Waals surface area contributed by atoms with E-state index < -0.39 is 12.1 Å². The van der Waals surface area contributed by atoms with Gasteiger partial charge in [-0.1, -0.05) is 0 Å². The van der Waals surface area contributed by atoms with Crippen LogP contribution in [0.15, 0.2) is 4.42 Å². The van der Waals surface area contributed by atoms with Gasteiger partial charge in [-0.2, -0.15) is 0 Å². The number of amides is 1. The monoisotopic (exact) mass is 212 g/mol. The van der Waals surface area contributed by atoms with Crippen LogP contribution in [0, 0.1) is 0 Å². The molecule has 15 heavy (non-hydrogen) atoms. The summed E-state index contributed by atoms with van der Waals surface area (Å²) in [7, 11) is 0. The van der Waals surface area contributed by atoms with Gasteiger partial charge in [0.05, 0.1) is 12.2 Å². The molecule has 0 unspecified atom stereocenters. The van der Waals surface area contributed by atoms with Crippen LogP contribution in [0.5, 0.6) is 0 Å². The van der Waals surface area contributed by atoms with E-state index in [1.807, 2.05) is 0 Å². The highest BCUT2D eigenvalue weighted by Gasteiger charge is 2.26. The number of fused-ring (bicyclic) bond motifs is 1. The van der Waals surface area contributed by atoms with E-state index in [0.29, 0.717) is 24.4 Å². The van der Waals surface area contributed by atoms with Crippen molar-refractivity contribution in [2.24, 2.45) is 0 Å². The van der Waals surface area contributed by atoms with Crippen molar-refractivity contribution in [3.63, 3.8) is 0 Å². The van der Waals surface area contributed by atoms with Crippen LogP contribution in [0.1, 0.15) is 22.1 Å². The van der Waals surface area contributed by atoms with Crippen LogP contribution < -0.4 is 0 Å². The third kappa shape index (κ3) is 1.63. The molecular formula is C8H8N2O5. The minimum atomic E-state index is -1.24. The molecule has 1 aromatic rings. The fourth-order valence-corrected chi connectivity index (χ4v) is 1.45. The molecule has 7 nitrogen and oxygen atoms in total. The molecule has 0 aliphatic carbocycles. The predicted octanol–water partition coefficient (Wildman–Crippen LogP) is 0.409. The number of rotatable bonds is 1. The normalized spacial score (nSPS) is 14.8. The molecule has 1 aromatic heterocycles. The van der Waals surface area contributed by atoms with Crippen LogP contribution >= 0.6 is 0 Å². The van der Waals surface area contributed by atoms with Crippen molar-refractivity contribution in [1.82, 2.24) is 9.88 Å². The maximum atomic E-state index is 10.7. The van der Waals surface area contributed by atoms with Gasteiger partial charge >= 0.3 is 18.0 Å². The van der Waals surface area contributed by atoms with E-state index in [0.717, 1.165) is 4.90 Å². The van der Waals surface area contributed by atoms with Crippen LogP contribution in [0.25, 0.3) is 0 Å². The maximum Gasteiger partial charge on any atom is 0.407 e. The van der Waals surface area contributed by atoms with Gasteiger partial charge < -0.3 is 19.5 Å². The summed E-state index contributed by atoms with van der Waals surface area (Å²) < 4.78 is 4.93. The van der Waals surface area contributed by atoms with Gasteiger partial charge in [0.25, 0.3) is 0 Å². The molecule has 0 radical (unpaired) electrons. The average Bonchev–Trinajstić information content (AvgIpc) is 2.59. The molecule has 1 amide bonds. The fraction of sp³-hybridized carbons (Fsp3) is 0.375. The van der Waals surface area contributed by atoms with Crippen molar-refractivity contribution in [2.45, 2.75) is 13.0 Å². The van der Waals surface area contributed by atoms with Crippen LogP contribution in [0.2, 0.25) is 0 Å². The van der Waals surface area contributed by atoms with Gasteiger partial charge in [-0.15, -0.1) is 0 Å². The summed E-state index contributed by atoms with van der Waals surface area (Å²) in [6.45, 7) is 0.374. The molecule has 2 heterocycles. The Balaban J connectivity index is 2.26. The topological polar surface area (TPSA) is 104 Å². The standard InChI is InChI=1S/C8H8N2O5/c11-7(12)6-9-4-1-2-10(8(13)14)3-5(4)15-6/h1-3H2,(H,11,12)(H,13,14). The Morgan fingerprint density at radius 1 is 1.40 bits per heavy atom. The number of hydrogen-bond acceptors (Lipinski definition) is 4. The molecular weight excluding hydrogens is 204 g/mol. The minimum Gasteiger partial charge on any atom is -0.474 e. The molecule has 2 rings (SSSR count). The van der Waals surface area contributed by atoms with Crippen LogP contribution in [0.4, 0.5) is 4.79 Å². The molecule has 80 valence electrons. The van der Waals surface area contributed by atoms with E-state index in [-0.39, 0.29) is 12.4 Å². The Morgan fingerprint density at radius 2 is 2.13 bits per heavy atom. The fourth-order valence-electron chi connectivity index (χ4n) is 1.45. The highest BCUT2D eigenvalue weighted by Crippen LogP contribution is 2.19. The molecule has 0 bridgehead atoms. The second-order valence-corrected chi connectivity index (χ2v) is 3.15. The number of carboxylic acids is 1. The number of carboxylic acid groups (broad SMARTS) is 2. The Kier molecular flexibility index (Phi) is 2.07. The minimum absolute atomic E-state index is 0.0605. The molecule has 1 aliphatic rings. The summed E-state index contributed by atoms with van der Waals surface area (Å²) in [6, 6.07) is 0. The number of carbonyl (C=O) groups is 2. The highest BCUT2D eigenvalue weighted by molar-refractivity contribution is 5.82. The molecule has 2 N–H and O–H groups in total. The number of aromatic carboxylic acids is 1. The van der Waals surface area contributed by atoms with E-state index in [4.69, 9.17) is 14.6 Å². The highest BCUT2D eigenvalue weighted by atomic mass is 16.4. The van der Waals surface area contributed by atoms with E-state index in [1.165, 1.54) is 0 Å². The van der Waals surface area contributed by atoms with Gasteiger partial charge in [-0.3, -0.25) is 0 Å². The molecule has 0 saturated heterocycles. The van der Waals surface area contributed by atoms with Gasteiger partial charge in [0.1, 0.15) is 5.76 Å². The average molecular weight is 212 g/mol. The zero-order valence-corrected chi connectivity index (χ0v) is 7.63.